The van der Waals surface area contributed by atoms with Gasteiger partial charge in [0.25, 0.3) is 0 Å². The van der Waals surface area contributed by atoms with E-state index in [2.05, 4.69) is 4.98 Å². The van der Waals surface area contributed by atoms with Crippen molar-refractivity contribution in [3.63, 3.8) is 0 Å². The summed E-state index contributed by atoms with van der Waals surface area (Å²) in [6.45, 7) is 1.05. The largest absolute Gasteiger partial charge is 0.467 e. The third-order valence-electron chi connectivity index (χ3n) is 3.24. The predicted octanol–water partition coefficient (Wildman–Crippen LogP) is 2.61. The molecule has 1 aliphatic carbocycles. The second kappa shape index (κ2) is 5.26. The Balaban J connectivity index is 1.74. The van der Waals surface area contributed by atoms with E-state index in [1.165, 1.54) is 0 Å². The van der Waals surface area contributed by atoms with Crippen molar-refractivity contribution in [2.75, 3.05) is 0 Å². The van der Waals surface area contributed by atoms with Crippen LogP contribution in [-0.2, 0) is 17.9 Å². The summed E-state index contributed by atoms with van der Waals surface area (Å²) in [5.41, 5.74) is 0.906. The van der Waals surface area contributed by atoms with Gasteiger partial charge in [0.2, 0.25) is 5.91 Å². The first-order chi connectivity index (χ1) is 9.33. The molecule has 0 aliphatic heterocycles. The molecule has 0 aromatic carbocycles. The van der Waals surface area contributed by atoms with Gasteiger partial charge in [0.1, 0.15) is 5.76 Å². The summed E-state index contributed by atoms with van der Waals surface area (Å²) in [6, 6.07) is 9.49. The van der Waals surface area contributed by atoms with E-state index in [9.17, 15) is 4.79 Å². The number of furan rings is 1. The van der Waals surface area contributed by atoms with E-state index in [-0.39, 0.29) is 11.8 Å². The minimum absolute atomic E-state index is 0.207. The van der Waals surface area contributed by atoms with Crippen LogP contribution in [0.25, 0.3) is 0 Å². The summed E-state index contributed by atoms with van der Waals surface area (Å²) in [7, 11) is 0. The highest BCUT2D eigenvalue weighted by Crippen LogP contribution is 2.32. The van der Waals surface area contributed by atoms with Gasteiger partial charge in [-0.3, -0.25) is 9.78 Å². The molecule has 1 amide bonds. The standard InChI is InChI=1S/C15H16N2O2/c18-15(12-6-7-12)17(11-14-5-3-9-19-14)10-13-4-1-2-8-16-13/h1-5,8-9,12H,6-7,10-11H2. The molecule has 1 aliphatic rings. The molecule has 0 atom stereocenters. The Morgan fingerprint density at radius 1 is 1.26 bits per heavy atom. The van der Waals surface area contributed by atoms with Crippen molar-refractivity contribution in [3.8, 4) is 0 Å². The Labute approximate surface area is 112 Å². The molecule has 2 heterocycles. The molecule has 0 spiro atoms. The number of carbonyl (C=O) groups excluding carboxylic acids is 1. The Morgan fingerprint density at radius 2 is 2.16 bits per heavy atom. The summed E-state index contributed by atoms with van der Waals surface area (Å²) >= 11 is 0. The van der Waals surface area contributed by atoms with Crippen LogP contribution >= 0.6 is 0 Å². The summed E-state index contributed by atoms with van der Waals surface area (Å²) in [5, 5.41) is 0. The molecule has 1 fully saturated rings. The number of hydrogen-bond donors (Lipinski definition) is 0. The third kappa shape index (κ3) is 3.02. The van der Waals surface area contributed by atoms with Crippen LogP contribution in [0.4, 0.5) is 0 Å². The van der Waals surface area contributed by atoms with Crippen LogP contribution in [0.5, 0.6) is 0 Å². The maximum Gasteiger partial charge on any atom is 0.226 e. The van der Waals surface area contributed by atoms with E-state index in [0.29, 0.717) is 13.1 Å². The smallest absolute Gasteiger partial charge is 0.226 e. The van der Waals surface area contributed by atoms with E-state index < -0.39 is 0 Å². The van der Waals surface area contributed by atoms with Crippen molar-refractivity contribution in [1.82, 2.24) is 9.88 Å². The molecule has 0 N–H and O–H groups in total. The number of aromatic nitrogens is 1. The van der Waals surface area contributed by atoms with Crippen LogP contribution in [0.1, 0.15) is 24.3 Å². The van der Waals surface area contributed by atoms with E-state index in [1.807, 2.05) is 35.2 Å². The van der Waals surface area contributed by atoms with Crippen LogP contribution in [0.2, 0.25) is 0 Å². The van der Waals surface area contributed by atoms with Gasteiger partial charge in [0.15, 0.2) is 0 Å². The van der Waals surface area contributed by atoms with Crippen LogP contribution in [0.15, 0.2) is 47.2 Å². The summed E-state index contributed by atoms with van der Waals surface area (Å²) in [4.78, 5) is 18.4. The maximum absolute atomic E-state index is 12.3. The van der Waals surface area contributed by atoms with Crippen LogP contribution in [-0.4, -0.2) is 15.8 Å². The molecule has 0 saturated heterocycles. The lowest BCUT2D eigenvalue weighted by Gasteiger charge is -2.21. The first-order valence-electron chi connectivity index (χ1n) is 6.54. The average molecular weight is 256 g/mol. The zero-order valence-electron chi connectivity index (χ0n) is 10.7. The highest BCUT2D eigenvalue weighted by atomic mass is 16.3. The summed E-state index contributed by atoms with van der Waals surface area (Å²) in [6.07, 6.45) is 5.41. The summed E-state index contributed by atoms with van der Waals surface area (Å²) in [5.74, 6) is 1.23. The van der Waals surface area contributed by atoms with Gasteiger partial charge < -0.3 is 9.32 Å². The molecule has 0 radical (unpaired) electrons. The SMILES string of the molecule is O=C(C1CC1)N(Cc1ccccn1)Cc1ccco1. The molecule has 0 unspecified atom stereocenters. The van der Waals surface area contributed by atoms with Gasteiger partial charge in [-0.2, -0.15) is 0 Å². The molecule has 98 valence electrons. The van der Waals surface area contributed by atoms with Gasteiger partial charge in [0, 0.05) is 12.1 Å². The molecular weight excluding hydrogens is 240 g/mol. The van der Waals surface area contributed by atoms with E-state index in [1.54, 1.807) is 12.5 Å². The first kappa shape index (κ1) is 12.0. The number of carbonyl (C=O) groups is 1. The van der Waals surface area contributed by atoms with E-state index in [0.717, 1.165) is 24.3 Å². The Bertz CT molecular complexity index is 533. The quantitative estimate of drug-likeness (QED) is 0.826. The normalized spacial score (nSPS) is 14.3. The number of nitrogens with zero attached hydrogens (tertiary/aromatic N) is 2. The highest BCUT2D eigenvalue weighted by Gasteiger charge is 2.33. The van der Waals surface area contributed by atoms with Crippen molar-refractivity contribution >= 4 is 5.91 Å². The van der Waals surface area contributed by atoms with Gasteiger partial charge in [-0.15, -0.1) is 0 Å². The molecule has 4 nitrogen and oxygen atoms in total. The van der Waals surface area contributed by atoms with Crippen molar-refractivity contribution in [2.45, 2.75) is 25.9 Å². The van der Waals surface area contributed by atoms with E-state index >= 15 is 0 Å². The average Bonchev–Trinajstić information content (AvgIpc) is 3.17. The molecule has 2 aromatic rings. The van der Waals surface area contributed by atoms with Crippen molar-refractivity contribution < 1.29 is 9.21 Å². The van der Waals surface area contributed by atoms with Crippen LogP contribution in [0.3, 0.4) is 0 Å². The van der Waals surface area contributed by atoms with Gasteiger partial charge >= 0.3 is 0 Å². The Hall–Kier alpha value is -2.10. The minimum Gasteiger partial charge on any atom is -0.467 e. The summed E-state index contributed by atoms with van der Waals surface area (Å²) < 4.78 is 5.34. The maximum atomic E-state index is 12.3. The van der Waals surface area contributed by atoms with E-state index in [4.69, 9.17) is 4.42 Å². The number of hydrogen-bond acceptors (Lipinski definition) is 3. The number of pyridine rings is 1. The highest BCUT2D eigenvalue weighted by molar-refractivity contribution is 5.80. The lowest BCUT2D eigenvalue weighted by Crippen LogP contribution is -2.31. The zero-order valence-corrected chi connectivity index (χ0v) is 10.7. The Kier molecular flexibility index (Phi) is 3.31. The predicted molar refractivity (Wildman–Crippen MR) is 69.9 cm³/mol. The van der Waals surface area contributed by atoms with Crippen molar-refractivity contribution in [2.24, 2.45) is 5.92 Å². The third-order valence-corrected chi connectivity index (χ3v) is 3.24. The van der Waals surface area contributed by atoms with Gasteiger partial charge in [-0.25, -0.2) is 0 Å². The van der Waals surface area contributed by atoms with Crippen LogP contribution < -0.4 is 0 Å². The van der Waals surface area contributed by atoms with Gasteiger partial charge in [-0.05, 0) is 37.1 Å². The molecule has 19 heavy (non-hydrogen) atoms. The minimum atomic E-state index is 0.207. The van der Waals surface area contributed by atoms with Crippen molar-refractivity contribution in [1.29, 1.82) is 0 Å². The fraction of sp³-hybridized carbons (Fsp3) is 0.333. The van der Waals surface area contributed by atoms with Crippen molar-refractivity contribution in [3.05, 3.63) is 54.2 Å². The lowest BCUT2D eigenvalue weighted by atomic mass is 10.2. The molecule has 4 heteroatoms. The second-order valence-corrected chi connectivity index (χ2v) is 4.87. The lowest BCUT2D eigenvalue weighted by molar-refractivity contribution is -0.134. The second-order valence-electron chi connectivity index (χ2n) is 4.87. The zero-order chi connectivity index (χ0) is 13.1. The molecular formula is C15H16N2O2. The number of rotatable bonds is 5. The fourth-order valence-corrected chi connectivity index (χ4v) is 2.08. The molecule has 0 bridgehead atoms. The fourth-order valence-electron chi connectivity index (χ4n) is 2.08. The monoisotopic (exact) mass is 256 g/mol. The first-order valence-corrected chi connectivity index (χ1v) is 6.54. The van der Waals surface area contributed by atoms with Gasteiger partial charge in [-0.1, -0.05) is 6.07 Å². The van der Waals surface area contributed by atoms with Crippen LogP contribution in [0, 0.1) is 5.92 Å². The molecule has 3 rings (SSSR count). The topological polar surface area (TPSA) is 46.3 Å². The van der Waals surface area contributed by atoms with Gasteiger partial charge in [0.05, 0.1) is 25.0 Å². The molecule has 1 saturated carbocycles. The Morgan fingerprint density at radius 3 is 2.79 bits per heavy atom. The molecule has 2 aromatic heterocycles. The number of amides is 1.